The Morgan fingerprint density at radius 1 is 1.33 bits per heavy atom. The van der Waals surface area contributed by atoms with Gasteiger partial charge < -0.3 is 15.4 Å². The summed E-state index contributed by atoms with van der Waals surface area (Å²) in [5, 5.41) is 15.0. The van der Waals surface area contributed by atoms with Crippen molar-refractivity contribution >= 4 is 40.9 Å². The Labute approximate surface area is 196 Å². The van der Waals surface area contributed by atoms with E-state index in [2.05, 4.69) is 16.7 Å². The standard InChI is InChI=1S/C22H17ClF3N3O3S/c1-32-18-7-6-12(8-16(18)23)13-9-19(30)29-21(14(13)10-27)33-11-20(31)28-17-5-3-2-4-15(17)22(24,25)26/h2-8,13H,9,11H2,1H3,(H,28,31)(H,29,30)/t13-/m0/s1. The van der Waals surface area contributed by atoms with Crippen molar-refractivity contribution in [2.45, 2.75) is 18.5 Å². The number of nitriles is 1. The molecule has 3 rings (SSSR count). The number of carbonyl (C=O) groups is 2. The van der Waals surface area contributed by atoms with E-state index in [0.717, 1.165) is 23.9 Å². The molecule has 0 aromatic heterocycles. The zero-order valence-corrected chi connectivity index (χ0v) is 18.7. The van der Waals surface area contributed by atoms with E-state index in [4.69, 9.17) is 16.3 Å². The van der Waals surface area contributed by atoms with E-state index in [-0.39, 0.29) is 34.4 Å². The molecule has 2 aromatic carbocycles. The average Bonchev–Trinajstić information content (AvgIpc) is 2.76. The molecule has 0 bridgehead atoms. The summed E-state index contributed by atoms with van der Waals surface area (Å²) in [5.41, 5.74) is -0.496. The van der Waals surface area contributed by atoms with Crippen molar-refractivity contribution in [3.8, 4) is 11.8 Å². The van der Waals surface area contributed by atoms with Gasteiger partial charge in [-0.05, 0) is 29.8 Å². The number of benzene rings is 2. The number of hydrogen-bond acceptors (Lipinski definition) is 5. The maximum absolute atomic E-state index is 13.1. The minimum absolute atomic E-state index is 0.000759. The van der Waals surface area contributed by atoms with Crippen LogP contribution in [0.15, 0.2) is 53.1 Å². The van der Waals surface area contributed by atoms with E-state index in [1.165, 1.54) is 19.2 Å². The molecule has 0 saturated carbocycles. The van der Waals surface area contributed by atoms with E-state index in [9.17, 15) is 28.0 Å². The summed E-state index contributed by atoms with van der Waals surface area (Å²) in [6.07, 6.45) is -4.63. The molecule has 0 unspecified atom stereocenters. The highest BCUT2D eigenvalue weighted by molar-refractivity contribution is 8.03. The van der Waals surface area contributed by atoms with Crippen molar-refractivity contribution in [2.24, 2.45) is 0 Å². The lowest BCUT2D eigenvalue weighted by atomic mass is 9.87. The Hall–Kier alpha value is -3.16. The van der Waals surface area contributed by atoms with Crippen LogP contribution in [0.25, 0.3) is 0 Å². The minimum atomic E-state index is -4.63. The number of rotatable bonds is 6. The number of alkyl halides is 3. The molecule has 0 radical (unpaired) electrons. The molecule has 1 heterocycles. The van der Waals surface area contributed by atoms with Crippen LogP contribution in [0.3, 0.4) is 0 Å². The van der Waals surface area contributed by atoms with Crippen molar-refractivity contribution in [2.75, 3.05) is 18.2 Å². The van der Waals surface area contributed by atoms with Crippen LogP contribution in [-0.2, 0) is 15.8 Å². The van der Waals surface area contributed by atoms with Crippen LogP contribution in [-0.4, -0.2) is 24.7 Å². The zero-order valence-electron chi connectivity index (χ0n) is 17.1. The first kappa shape index (κ1) is 24.5. The topological polar surface area (TPSA) is 91.2 Å². The number of para-hydroxylation sites is 1. The molecule has 33 heavy (non-hydrogen) atoms. The van der Waals surface area contributed by atoms with Gasteiger partial charge in [-0.3, -0.25) is 9.59 Å². The second-order valence-corrected chi connectivity index (χ2v) is 8.33. The third-order valence-corrected chi connectivity index (χ3v) is 6.10. The number of halogens is 4. The van der Waals surface area contributed by atoms with Crippen molar-refractivity contribution in [1.82, 2.24) is 5.32 Å². The molecule has 172 valence electrons. The number of anilines is 1. The van der Waals surface area contributed by atoms with Gasteiger partial charge in [0.2, 0.25) is 11.8 Å². The minimum Gasteiger partial charge on any atom is -0.495 e. The molecular weight excluding hydrogens is 479 g/mol. The first-order valence-electron chi connectivity index (χ1n) is 9.50. The maximum atomic E-state index is 13.1. The van der Waals surface area contributed by atoms with Crippen LogP contribution in [0.5, 0.6) is 5.75 Å². The Morgan fingerprint density at radius 2 is 2.06 bits per heavy atom. The average molecular weight is 496 g/mol. The molecular formula is C22H17ClF3N3O3S. The van der Waals surface area contributed by atoms with Crippen LogP contribution >= 0.6 is 23.4 Å². The van der Waals surface area contributed by atoms with Crippen molar-refractivity contribution in [1.29, 1.82) is 5.26 Å². The molecule has 6 nitrogen and oxygen atoms in total. The molecule has 2 aromatic rings. The summed E-state index contributed by atoms with van der Waals surface area (Å²) >= 11 is 7.03. The zero-order chi connectivity index (χ0) is 24.2. The van der Waals surface area contributed by atoms with Gasteiger partial charge >= 0.3 is 6.18 Å². The summed E-state index contributed by atoms with van der Waals surface area (Å²) in [6.45, 7) is 0. The van der Waals surface area contributed by atoms with E-state index in [1.54, 1.807) is 18.2 Å². The first-order valence-corrected chi connectivity index (χ1v) is 10.9. The Balaban J connectivity index is 1.79. The molecule has 2 amide bonds. The highest BCUT2D eigenvalue weighted by Crippen LogP contribution is 2.39. The summed E-state index contributed by atoms with van der Waals surface area (Å²) in [6, 6.07) is 11.6. The Kier molecular flexibility index (Phi) is 7.56. The Morgan fingerprint density at radius 3 is 2.70 bits per heavy atom. The predicted molar refractivity (Wildman–Crippen MR) is 119 cm³/mol. The van der Waals surface area contributed by atoms with Gasteiger partial charge in [0.15, 0.2) is 0 Å². The number of nitrogens with zero attached hydrogens (tertiary/aromatic N) is 1. The van der Waals surface area contributed by atoms with Gasteiger partial charge in [-0.25, -0.2) is 0 Å². The van der Waals surface area contributed by atoms with Gasteiger partial charge in [-0.2, -0.15) is 18.4 Å². The number of ether oxygens (including phenoxy) is 1. The fourth-order valence-electron chi connectivity index (χ4n) is 3.28. The number of carbonyl (C=O) groups excluding carboxylic acids is 2. The lowest BCUT2D eigenvalue weighted by Crippen LogP contribution is -2.31. The smallest absolute Gasteiger partial charge is 0.418 e. The normalized spacial score (nSPS) is 16.1. The SMILES string of the molecule is COc1ccc([C@@H]2CC(=O)NC(SCC(=O)Nc3ccccc3C(F)(F)F)=C2C#N)cc1Cl. The summed E-state index contributed by atoms with van der Waals surface area (Å²) < 4.78 is 44.5. The maximum Gasteiger partial charge on any atom is 0.418 e. The van der Waals surface area contributed by atoms with Crippen LogP contribution in [0.4, 0.5) is 18.9 Å². The van der Waals surface area contributed by atoms with Crippen molar-refractivity contribution in [3.05, 3.63) is 69.2 Å². The van der Waals surface area contributed by atoms with Crippen LogP contribution in [0, 0.1) is 11.3 Å². The van der Waals surface area contributed by atoms with E-state index < -0.39 is 23.6 Å². The molecule has 1 aliphatic rings. The Bertz CT molecular complexity index is 1160. The van der Waals surface area contributed by atoms with E-state index >= 15 is 0 Å². The molecule has 1 atom stereocenters. The second kappa shape index (κ2) is 10.2. The molecule has 0 aliphatic carbocycles. The number of nitrogens with one attached hydrogen (secondary N) is 2. The van der Waals surface area contributed by atoms with Gasteiger partial charge in [0.1, 0.15) is 5.75 Å². The van der Waals surface area contributed by atoms with Gasteiger partial charge in [-0.1, -0.05) is 41.6 Å². The van der Waals surface area contributed by atoms with Crippen molar-refractivity contribution in [3.63, 3.8) is 0 Å². The first-order chi connectivity index (χ1) is 15.6. The quantitative estimate of drug-likeness (QED) is 0.583. The largest absolute Gasteiger partial charge is 0.495 e. The monoisotopic (exact) mass is 495 g/mol. The number of thioether (sulfide) groups is 1. The van der Waals surface area contributed by atoms with E-state index in [0.29, 0.717) is 16.3 Å². The van der Waals surface area contributed by atoms with Gasteiger partial charge in [0, 0.05) is 12.3 Å². The summed E-state index contributed by atoms with van der Waals surface area (Å²) in [7, 11) is 1.46. The summed E-state index contributed by atoms with van der Waals surface area (Å²) in [4.78, 5) is 24.6. The molecule has 1 aliphatic heterocycles. The second-order valence-electron chi connectivity index (χ2n) is 6.93. The fourth-order valence-corrected chi connectivity index (χ4v) is 4.42. The third-order valence-electron chi connectivity index (χ3n) is 4.79. The van der Waals surface area contributed by atoms with E-state index in [1.807, 2.05) is 0 Å². The van der Waals surface area contributed by atoms with Crippen LogP contribution in [0.1, 0.15) is 23.5 Å². The highest BCUT2D eigenvalue weighted by Gasteiger charge is 2.34. The number of allylic oxidation sites excluding steroid dienone is 1. The van der Waals surface area contributed by atoms with Crippen LogP contribution in [0.2, 0.25) is 5.02 Å². The number of amides is 2. The lowest BCUT2D eigenvalue weighted by Gasteiger charge is -2.25. The molecule has 11 heteroatoms. The van der Waals surface area contributed by atoms with Gasteiger partial charge in [0.25, 0.3) is 0 Å². The molecule has 2 N–H and O–H groups in total. The van der Waals surface area contributed by atoms with Crippen molar-refractivity contribution < 1.29 is 27.5 Å². The molecule has 0 fully saturated rings. The van der Waals surface area contributed by atoms with Gasteiger partial charge in [0.05, 0.1) is 45.8 Å². The van der Waals surface area contributed by atoms with Crippen LogP contribution < -0.4 is 15.4 Å². The van der Waals surface area contributed by atoms with Gasteiger partial charge in [-0.15, -0.1) is 0 Å². The lowest BCUT2D eigenvalue weighted by molar-refractivity contribution is -0.137. The third kappa shape index (κ3) is 5.80. The number of hydrogen-bond donors (Lipinski definition) is 2. The predicted octanol–water partition coefficient (Wildman–Crippen LogP) is 5.08. The fraction of sp³-hybridized carbons (Fsp3) is 0.227. The molecule has 0 spiro atoms. The highest BCUT2D eigenvalue weighted by atomic mass is 35.5. The summed E-state index contributed by atoms with van der Waals surface area (Å²) in [5.74, 6) is -1.55. The number of methoxy groups -OCH3 is 1. The molecule has 0 saturated heterocycles.